The van der Waals surface area contributed by atoms with Crippen LogP contribution in [-0.4, -0.2) is 33.0 Å². The van der Waals surface area contributed by atoms with E-state index in [4.69, 9.17) is 0 Å². The Balaban J connectivity index is 2.04. The number of anilines is 1. The Morgan fingerprint density at radius 3 is 2.47 bits per heavy atom. The Labute approximate surface area is 191 Å². The summed E-state index contributed by atoms with van der Waals surface area (Å²) in [4.78, 5) is 47.4. The molecule has 0 fully saturated rings. The largest absolute Gasteiger partial charge is 0.465 e. The Morgan fingerprint density at radius 2 is 1.91 bits per heavy atom. The van der Waals surface area contributed by atoms with Crippen molar-refractivity contribution in [3.63, 3.8) is 0 Å². The van der Waals surface area contributed by atoms with E-state index in [1.54, 1.807) is 18.4 Å². The Morgan fingerprint density at radius 1 is 1.26 bits per heavy atom. The van der Waals surface area contributed by atoms with Crippen molar-refractivity contribution in [1.82, 2.24) is 9.13 Å². The van der Waals surface area contributed by atoms with Crippen molar-refractivity contribution in [3.8, 4) is 11.8 Å². The molecule has 0 bridgehead atoms. The number of benzene rings is 1. The van der Waals surface area contributed by atoms with Crippen molar-refractivity contribution in [2.75, 3.05) is 12.4 Å². The van der Waals surface area contributed by atoms with Crippen LogP contribution in [0.4, 0.5) is 15.9 Å². The van der Waals surface area contributed by atoms with Gasteiger partial charge in [-0.1, -0.05) is 0 Å². The minimum atomic E-state index is -1.10. The summed E-state index contributed by atoms with van der Waals surface area (Å²) in [7, 11) is 1.06. The number of amides is 1. The van der Waals surface area contributed by atoms with Gasteiger partial charge in [-0.25, -0.2) is 9.18 Å². The number of pyridine rings is 1. The normalized spacial score (nSPS) is 10.4. The fraction of sp³-hybridized carbons (Fsp3) is 0.182. The molecule has 11 nitrogen and oxygen atoms in total. The molecule has 0 atom stereocenters. The van der Waals surface area contributed by atoms with Crippen LogP contribution in [-0.2, 0) is 16.1 Å². The number of halogens is 1. The van der Waals surface area contributed by atoms with E-state index in [1.165, 1.54) is 24.3 Å². The molecule has 1 aromatic carbocycles. The molecule has 0 radical (unpaired) electrons. The van der Waals surface area contributed by atoms with Gasteiger partial charge in [-0.3, -0.25) is 28.8 Å². The molecule has 0 spiro atoms. The highest BCUT2D eigenvalue weighted by Gasteiger charge is 2.24. The topological polar surface area (TPSA) is 149 Å². The number of esters is 1. The summed E-state index contributed by atoms with van der Waals surface area (Å²) in [5.41, 5.74) is -0.497. The quantitative estimate of drug-likeness (QED) is 0.333. The van der Waals surface area contributed by atoms with Gasteiger partial charge in [0, 0.05) is 23.6 Å². The second-order valence-electron chi connectivity index (χ2n) is 7.20. The molecule has 1 amide bonds. The van der Waals surface area contributed by atoms with Crippen molar-refractivity contribution < 1.29 is 23.6 Å². The number of nitrogens with zero attached hydrogens (tertiary/aromatic N) is 4. The average Bonchev–Trinajstić information content (AvgIpc) is 3.03. The standard InChI is InChI=1S/C22H18FN5O6/c1-12-13(2)27(16-6-4-15(23)5-7-16)20(17(12)9-24)25-19(29)11-26-10-14(22(31)34-3)8-18(21(26)30)28(32)33/h4-8,10H,11H2,1-3H3,(H,25,29). The molecular formula is C22H18FN5O6. The van der Waals surface area contributed by atoms with Crippen LogP contribution in [0.1, 0.15) is 27.2 Å². The molecule has 3 aromatic rings. The summed E-state index contributed by atoms with van der Waals surface area (Å²) in [6.45, 7) is 2.70. The van der Waals surface area contributed by atoms with E-state index < -0.39 is 40.4 Å². The van der Waals surface area contributed by atoms with Gasteiger partial charge in [0.1, 0.15) is 24.2 Å². The van der Waals surface area contributed by atoms with Crippen molar-refractivity contribution >= 4 is 23.4 Å². The molecule has 34 heavy (non-hydrogen) atoms. The van der Waals surface area contributed by atoms with Gasteiger partial charge in [0.2, 0.25) is 5.91 Å². The highest BCUT2D eigenvalue weighted by atomic mass is 19.1. The van der Waals surface area contributed by atoms with Crippen LogP contribution in [0.5, 0.6) is 0 Å². The maximum atomic E-state index is 13.4. The first-order valence-corrected chi connectivity index (χ1v) is 9.74. The molecule has 174 valence electrons. The van der Waals surface area contributed by atoms with Gasteiger partial charge >= 0.3 is 17.2 Å². The molecule has 12 heteroatoms. The Bertz CT molecular complexity index is 1420. The van der Waals surface area contributed by atoms with Crippen LogP contribution in [0.25, 0.3) is 5.69 Å². The zero-order valence-corrected chi connectivity index (χ0v) is 18.3. The number of nitriles is 1. The van der Waals surface area contributed by atoms with E-state index >= 15 is 0 Å². The summed E-state index contributed by atoms with van der Waals surface area (Å²) in [5.74, 6) is -2.11. The summed E-state index contributed by atoms with van der Waals surface area (Å²) in [5, 5.41) is 23.4. The van der Waals surface area contributed by atoms with Crippen LogP contribution in [0.3, 0.4) is 0 Å². The molecule has 0 aliphatic rings. The van der Waals surface area contributed by atoms with Gasteiger partial charge in [0.05, 0.1) is 23.2 Å². The third-order valence-corrected chi connectivity index (χ3v) is 5.17. The lowest BCUT2D eigenvalue weighted by Gasteiger charge is -2.14. The molecule has 3 rings (SSSR count). The lowest BCUT2D eigenvalue weighted by atomic mass is 10.2. The number of carbonyl (C=O) groups is 2. The van der Waals surface area contributed by atoms with Crippen LogP contribution >= 0.6 is 0 Å². The number of rotatable bonds is 6. The highest BCUT2D eigenvalue weighted by molar-refractivity contribution is 5.93. The van der Waals surface area contributed by atoms with Crippen molar-refractivity contribution in [1.29, 1.82) is 5.26 Å². The van der Waals surface area contributed by atoms with Crippen molar-refractivity contribution in [2.45, 2.75) is 20.4 Å². The number of aromatic nitrogens is 2. The zero-order valence-electron chi connectivity index (χ0n) is 18.3. The lowest BCUT2D eigenvalue weighted by molar-refractivity contribution is -0.386. The third kappa shape index (κ3) is 4.40. The minimum absolute atomic E-state index is 0.0841. The highest BCUT2D eigenvalue weighted by Crippen LogP contribution is 2.30. The monoisotopic (exact) mass is 467 g/mol. The Kier molecular flexibility index (Phi) is 6.58. The molecular weight excluding hydrogens is 449 g/mol. The molecule has 0 unspecified atom stereocenters. The Hall–Kier alpha value is -4.79. The zero-order chi connectivity index (χ0) is 25.2. The van der Waals surface area contributed by atoms with Crippen molar-refractivity contribution in [3.05, 3.63) is 85.2 Å². The number of carbonyl (C=O) groups excluding carboxylic acids is 2. The maximum Gasteiger partial charge on any atom is 0.339 e. The van der Waals surface area contributed by atoms with Gasteiger partial charge in [-0.05, 0) is 43.7 Å². The second-order valence-corrected chi connectivity index (χ2v) is 7.20. The molecule has 2 aromatic heterocycles. The number of hydrogen-bond acceptors (Lipinski definition) is 7. The summed E-state index contributed by atoms with van der Waals surface area (Å²) in [6.07, 6.45) is 0.974. The van der Waals surface area contributed by atoms with Gasteiger partial charge in [0.25, 0.3) is 0 Å². The van der Waals surface area contributed by atoms with Gasteiger partial charge in [0.15, 0.2) is 0 Å². The lowest BCUT2D eigenvalue weighted by Crippen LogP contribution is -2.30. The number of nitrogens with one attached hydrogen (secondary N) is 1. The van der Waals surface area contributed by atoms with Gasteiger partial charge in [-0.15, -0.1) is 0 Å². The number of nitro groups is 1. The number of methoxy groups -OCH3 is 1. The second kappa shape index (κ2) is 9.37. The smallest absolute Gasteiger partial charge is 0.339 e. The van der Waals surface area contributed by atoms with Gasteiger partial charge in [-0.2, -0.15) is 5.26 Å². The van der Waals surface area contributed by atoms with E-state index in [-0.39, 0.29) is 16.9 Å². The van der Waals surface area contributed by atoms with Gasteiger partial charge < -0.3 is 10.1 Å². The molecule has 0 aliphatic carbocycles. The fourth-order valence-electron chi connectivity index (χ4n) is 3.40. The fourth-order valence-corrected chi connectivity index (χ4v) is 3.40. The van der Waals surface area contributed by atoms with E-state index in [9.17, 15) is 34.2 Å². The SMILES string of the molecule is COC(=O)c1cc([N+](=O)[O-])c(=O)n(CC(=O)Nc2c(C#N)c(C)c(C)n2-c2ccc(F)cc2)c1. The molecule has 0 saturated carbocycles. The molecule has 1 N–H and O–H groups in total. The van der Waals surface area contributed by atoms with Crippen LogP contribution in [0.15, 0.2) is 41.3 Å². The van der Waals surface area contributed by atoms with Crippen molar-refractivity contribution in [2.24, 2.45) is 0 Å². The van der Waals surface area contributed by atoms with Crippen LogP contribution in [0.2, 0.25) is 0 Å². The first-order valence-electron chi connectivity index (χ1n) is 9.74. The van der Waals surface area contributed by atoms with Crippen LogP contribution in [0, 0.1) is 41.1 Å². The third-order valence-electron chi connectivity index (χ3n) is 5.17. The van der Waals surface area contributed by atoms with E-state index in [2.05, 4.69) is 10.1 Å². The summed E-state index contributed by atoms with van der Waals surface area (Å²) < 4.78 is 20.2. The average molecular weight is 467 g/mol. The molecule has 0 saturated heterocycles. The molecule has 0 aliphatic heterocycles. The van der Waals surface area contributed by atoms with E-state index in [1.807, 2.05) is 6.07 Å². The maximum absolute atomic E-state index is 13.4. The van der Waals surface area contributed by atoms with Crippen LogP contribution < -0.4 is 10.9 Å². The first kappa shape index (κ1) is 23.9. The number of hydrogen-bond donors (Lipinski definition) is 1. The number of ether oxygens (including phenoxy) is 1. The minimum Gasteiger partial charge on any atom is -0.465 e. The first-order chi connectivity index (χ1) is 16.1. The van der Waals surface area contributed by atoms with E-state index in [0.717, 1.165) is 19.4 Å². The summed E-state index contributed by atoms with van der Waals surface area (Å²) >= 11 is 0. The van der Waals surface area contributed by atoms with E-state index in [0.29, 0.717) is 21.5 Å². The molecule has 2 heterocycles. The predicted molar refractivity (Wildman–Crippen MR) is 117 cm³/mol. The predicted octanol–water partition coefficient (Wildman–Crippen LogP) is 2.60. The summed E-state index contributed by atoms with van der Waals surface area (Å²) in [6, 6.07) is 8.15.